The molecule has 0 radical (unpaired) electrons. The van der Waals surface area contributed by atoms with Crippen LogP contribution in [0.15, 0.2) is 47.6 Å². The first-order valence-electron chi connectivity index (χ1n) is 7.56. The third-order valence-corrected chi connectivity index (χ3v) is 4.90. The van der Waals surface area contributed by atoms with Crippen molar-refractivity contribution in [2.24, 2.45) is 10.8 Å². The molecule has 1 unspecified atom stereocenters. The number of methoxy groups -OCH3 is 1. The van der Waals surface area contributed by atoms with Crippen LogP contribution in [-0.2, 0) is 4.74 Å². The lowest BCUT2D eigenvalue weighted by Gasteiger charge is -2.52. The molecule has 1 heteroatoms. The minimum Gasteiger partial charge on any atom is -0.373 e. The fourth-order valence-corrected chi connectivity index (χ4v) is 3.69. The zero-order valence-corrected chi connectivity index (χ0v) is 13.8. The number of ether oxygens (including phenoxy) is 1. The van der Waals surface area contributed by atoms with Crippen molar-refractivity contribution in [1.82, 2.24) is 0 Å². The molecule has 2 aliphatic carbocycles. The fourth-order valence-electron chi connectivity index (χ4n) is 3.69. The number of rotatable bonds is 3. The van der Waals surface area contributed by atoms with Gasteiger partial charge in [-0.05, 0) is 29.4 Å². The van der Waals surface area contributed by atoms with Gasteiger partial charge in [-0.1, -0.05) is 71.1 Å². The lowest BCUT2D eigenvalue weighted by molar-refractivity contribution is -0.0621. The van der Waals surface area contributed by atoms with Crippen LogP contribution in [0.4, 0.5) is 0 Å². The molecule has 0 fully saturated rings. The van der Waals surface area contributed by atoms with Crippen molar-refractivity contribution in [3.63, 3.8) is 0 Å². The summed E-state index contributed by atoms with van der Waals surface area (Å²) in [4.78, 5) is 0. The Morgan fingerprint density at radius 1 is 1.10 bits per heavy atom. The van der Waals surface area contributed by atoms with Gasteiger partial charge in [0.05, 0.1) is 0 Å². The molecule has 0 saturated heterocycles. The van der Waals surface area contributed by atoms with Crippen LogP contribution in [0.2, 0.25) is 0 Å². The molecule has 0 bridgehead atoms. The van der Waals surface area contributed by atoms with Gasteiger partial charge >= 0.3 is 0 Å². The molecule has 0 aliphatic heterocycles. The smallest absolute Gasteiger partial charge is 0.102 e. The lowest BCUT2D eigenvalue weighted by atomic mass is 9.59. The van der Waals surface area contributed by atoms with E-state index in [1.807, 2.05) is 7.11 Å². The Labute approximate surface area is 124 Å². The molecule has 20 heavy (non-hydrogen) atoms. The average molecular weight is 272 g/mol. The second-order valence-electron chi connectivity index (χ2n) is 7.42. The Morgan fingerprint density at radius 2 is 1.80 bits per heavy atom. The van der Waals surface area contributed by atoms with Crippen LogP contribution in [0.1, 0.15) is 47.5 Å². The zero-order valence-electron chi connectivity index (χ0n) is 13.8. The molecule has 0 saturated carbocycles. The van der Waals surface area contributed by atoms with Gasteiger partial charge in [-0.15, -0.1) is 0 Å². The van der Waals surface area contributed by atoms with Crippen LogP contribution >= 0.6 is 0 Å². The molecule has 0 aromatic carbocycles. The number of hydrogen-bond donors (Lipinski definition) is 0. The van der Waals surface area contributed by atoms with Crippen LogP contribution in [0.5, 0.6) is 0 Å². The maximum absolute atomic E-state index is 6.20. The molecule has 2 aliphatic rings. The molecule has 1 nitrogen and oxygen atoms in total. The van der Waals surface area contributed by atoms with Crippen LogP contribution in [0.25, 0.3) is 0 Å². The summed E-state index contributed by atoms with van der Waals surface area (Å²) >= 11 is 0. The minimum absolute atomic E-state index is 0.0430. The Hall–Kier alpha value is -1.08. The van der Waals surface area contributed by atoms with Gasteiger partial charge in [0, 0.05) is 12.5 Å². The normalized spacial score (nSPS) is 26.7. The molecule has 0 aromatic rings. The highest BCUT2D eigenvalue weighted by Crippen LogP contribution is 2.54. The van der Waals surface area contributed by atoms with E-state index in [-0.39, 0.29) is 16.4 Å². The summed E-state index contributed by atoms with van der Waals surface area (Å²) < 4.78 is 6.20. The first-order chi connectivity index (χ1) is 9.25. The predicted molar refractivity (Wildman–Crippen MR) is 86.7 cm³/mol. The highest BCUT2D eigenvalue weighted by atomic mass is 16.5. The first kappa shape index (κ1) is 15.3. The summed E-state index contributed by atoms with van der Waals surface area (Å²) in [5.41, 5.74) is 2.58. The van der Waals surface area contributed by atoms with Crippen molar-refractivity contribution in [2.45, 2.75) is 53.1 Å². The van der Waals surface area contributed by atoms with Crippen molar-refractivity contribution in [3.8, 4) is 0 Å². The van der Waals surface area contributed by atoms with E-state index in [0.717, 1.165) is 12.8 Å². The lowest BCUT2D eigenvalue weighted by Crippen LogP contribution is -2.52. The molecule has 0 spiro atoms. The maximum atomic E-state index is 6.20. The average Bonchev–Trinajstić information content (AvgIpc) is 2.91. The van der Waals surface area contributed by atoms with Crippen molar-refractivity contribution in [3.05, 3.63) is 47.6 Å². The van der Waals surface area contributed by atoms with E-state index in [2.05, 4.69) is 71.1 Å². The Balaban J connectivity index is 2.56. The second kappa shape index (κ2) is 5.04. The highest BCUT2D eigenvalue weighted by Gasteiger charge is 2.52. The molecule has 2 rings (SSSR count). The highest BCUT2D eigenvalue weighted by molar-refractivity contribution is 5.43. The summed E-state index contributed by atoms with van der Waals surface area (Å²) in [5, 5.41) is 0. The monoisotopic (exact) mass is 272 g/mol. The van der Waals surface area contributed by atoms with Crippen molar-refractivity contribution < 1.29 is 4.74 Å². The van der Waals surface area contributed by atoms with Crippen molar-refractivity contribution in [2.75, 3.05) is 7.11 Å². The summed E-state index contributed by atoms with van der Waals surface area (Å²) in [6.07, 6.45) is 15.5. The molecule has 1 atom stereocenters. The third kappa shape index (κ3) is 2.22. The van der Waals surface area contributed by atoms with Crippen LogP contribution in [0, 0.1) is 10.8 Å². The Bertz CT molecular complexity index is 494. The van der Waals surface area contributed by atoms with E-state index < -0.39 is 0 Å². The van der Waals surface area contributed by atoms with Crippen molar-refractivity contribution in [1.29, 1.82) is 0 Å². The molecule has 0 aromatic heterocycles. The Morgan fingerprint density at radius 3 is 2.30 bits per heavy atom. The maximum Gasteiger partial charge on any atom is 0.102 e. The largest absolute Gasteiger partial charge is 0.373 e. The predicted octanol–water partition coefficient (Wildman–Crippen LogP) is 5.22. The standard InChI is InChI=1S/C19H28O/c1-17(2,3)16-13-9-10-14-19(16,20-6)18(4,5)15-11-7-8-12-15/h7,9-13H,8,14H2,1-6H3. The van der Waals surface area contributed by atoms with E-state index in [9.17, 15) is 0 Å². The van der Waals surface area contributed by atoms with Gasteiger partial charge in [0.25, 0.3) is 0 Å². The van der Waals surface area contributed by atoms with Gasteiger partial charge in [0.1, 0.15) is 5.60 Å². The van der Waals surface area contributed by atoms with E-state index in [0.29, 0.717) is 0 Å². The van der Waals surface area contributed by atoms with Crippen LogP contribution in [-0.4, -0.2) is 12.7 Å². The second-order valence-corrected chi connectivity index (χ2v) is 7.42. The molecule has 0 N–H and O–H groups in total. The summed E-state index contributed by atoms with van der Waals surface area (Å²) in [6.45, 7) is 11.5. The van der Waals surface area contributed by atoms with Crippen LogP contribution in [0.3, 0.4) is 0 Å². The molecule has 110 valence electrons. The third-order valence-electron chi connectivity index (χ3n) is 4.90. The Kier molecular flexibility index (Phi) is 3.85. The molecule has 0 heterocycles. The molecular weight excluding hydrogens is 244 g/mol. The first-order valence-corrected chi connectivity index (χ1v) is 7.56. The molecular formula is C19H28O. The van der Waals surface area contributed by atoms with Gasteiger partial charge in [-0.3, -0.25) is 0 Å². The SMILES string of the molecule is COC1(C(C)(C)C2=CCC=C2)CC=CC=C1C(C)(C)C. The number of hydrogen-bond acceptors (Lipinski definition) is 1. The van der Waals surface area contributed by atoms with E-state index in [1.165, 1.54) is 11.1 Å². The summed E-state index contributed by atoms with van der Waals surface area (Å²) in [5.74, 6) is 0. The quantitative estimate of drug-likeness (QED) is 0.684. The van der Waals surface area contributed by atoms with Crippen LogP contribution < -0.4 is 0 Å². The molecule has 0 amide bonds. The summed E-state index contributed by atoms with van der Waals surface area (Å²) in [6, 6.07) is 0. The van der Waals surface area contributed by atoms with Gasteiger partial charge < -0.3 is 4.74 Å². The fraction of sp³-hybridized carbons (Fsp3) is 0.579. The zero-order chi connectivity index (χ0) is 15.0. The van der Waals surface area contributed by atoms with Gasteiger partial charge in [-0.2, -0.15) is 0 Å². The summed E-state index contributed by atoms with van der Waals surface area (Å²) in [7, 11) is 1.86. The van der Waals surface area contributed by atoms with Gasteiger partial charge in [-0.25, -0.2) is 0 Å². The van der Waals surface area contributed by atoms with Gasteiger partial charge in [0.15, 0.2) is 0 Å². The van der Waals surface area contributed by atoms with E-state index in [4.69, 9.17) is 4.74 Å². The minimum atomic E-state index is -0.263. The van der Waals surface area contributed by atoms with Gasteiger partial charge in [0.2, 0.25) is 0 Å². The topological polar surface area (TPSA) is 9.23 Å². The van der Waals surface area contributed by atoms with Crippen molar-refractivity contribution >= 4 is 0 Å². The van der Waals surface area contributed by atoms with E-state index in [1.54, 1.807) is 0 Å². The number of allylic oxidation sites excluding steroid dienone is 5. The van der Waals surface area contributed by atoms with E-state index >= 15 is 0 Å².